The Morgan fingerprint density at radius 3 is 2.62 bits per heavy atom. The van der Waals surface area contributed by atoms with Gasteiger partial charge in [-0.2, -0.15) is 0 Å². The van der Waals surface area contributed by atoms with Crippen molar-refractivity contribution >= 4 is 23.2 Å². The molecule has 126 valence electrons. The Morgan fingerprint density at radius 1 is 1.21 bits per heavy atom. The van der Waals surface area contributed by atoms with E-state index in [0.717, 1.165) is 30.4 Å². The van der Waals surface area contributed by atoms with Crippen molar-refractivity contribution in [1.29, 1.82) is 0 Å². The summed E-state index contributed by atoms with van der Waals surface area (Å²) in [5, 5.41) is 7.86. The minimum absolute atomic E-state index is 0.0932. The van der Waals surface area contributed by atoms with Gasteiger partial charge in [0.25, 0.3) is 5.91 Å². The molecule has 1 aliphatic rings. The second-order valence-corrected chi connectivity index (χ2v) is 7.04. The second-order valence-electron chi connectivity index (χ2n) is 6.13. The van der Waals surface area contributed by atoms with Crippen LogP contribution in [0.15, 0.2) is 41.8 Å². The van der Waals surface area contributed by atoms with Gasteiger partial charge >= 0.3 is 0 Å². The Bertz CT molecular complexity index is 707. The molecule has 0 spiro atoms. The highest BCUT2D eigenvalue weighted by atomic mass is 32.1. The fourth-order valence-electron chi connectivity index (χ4n) is 2.63. The lowest BCUT2D eigenvalue weighted by atomic mass is 10.0. The molecule has 1 fully saturated rings. The van der Waals surface area contributed by atoms with Crippen LogP contribution in [0.4, 0.5) is 0 Å². The van der Waals surface area contributed by atoms with Crippen molar-refractivity contribution in [2.45, 2.75) is 44.7 Å². The predicted octanol–water partition coefficient (Wildman–Crippen LogP) is 2.93. The molecule has 2 aromatic rings. The first kappa shape index (κ1) is 16.7. The normalized spacial score (nSPS) is 14.9. The molecule has 1 aliphatic carbocycles. The van der Waals surface area contributed by atoms with E-state index in [1.807, 2.05) is 48.7 Å². The first-order valence-corrected chi connectivity index (χ1v) is 9.27. The maximum absolute atomic E-state index is 12.6. The molecule has 4 nitrogen and oxygen atoms in total. The summed E-state index contributed by atoms with van der Waals surface area (Å²) in [7, 11) is 0. The summed E-state index contributed by atoms with van der Waals surface area (Å²) in [5.74, 6) is -0.252. The summed E-state index contributed by atoms with van der Waals surface area (Å²) in [6.45, 7) is 2.03. The van der Waals surface area contributed by atoms with Gasteiger partial charge < -0.3 is 10.6 Å². The van der Waals surface area contributed by atoms with Crippen molar-refractivity contribution in [3.63, 3.8) is 0 Å². The maximum Gasteiger partial charge on any atom is 0.262 e. The number of aryl methyl sites for hydroxylation is 1. The fourth-order valence-corrected chi connectivity index (χ4v) is 3.52. The molecule has 24 heavy (non-hydrogen) atoms. The Kier molecular flexibility index (Phi) is 5.30. The van der Waals surface area contributed by atoms with Gasteiger partial charge in [0.05, 0.1) is 4.88 Å². The number of nitrogens with one attached hydrogen (secondary N) is 2. The van der Waals surface area contributed by atoms with Crippen LogP contribution in [0.3, 0.4) is 0 Å². The van der Waals surface area contributed by atoms with Gasteiger partial charge in [-0.25, -0.2) is 0 Å². The van der Waals surface area contributed by atoms with E-state index < -0.39 is 6.04 Å². The van der Waals surface area contributed by atoms with Crippen LogP contribution in [0.1, 0.15) is 40.6 Å². The van der Waals surface area contributed by atoms with Crippen LogP contribution >= 0.6 is 11.3 Å². The van der Waals surface area contributed by atoms with Gasteiger partial charge in [0.2, 0.25) is 5.91 Å². The van der Waals surface area contributed by atoms with Gasteiger partial charge in [0.1, 0.15) is 6.04 Å². The summed E-state index contributed by atoms with van der Waals surface area (Å²) in [5.41, 5.74) is 2.06. The number of hydrogen-bond donors (Lipinski definition) is 2. The summed E-state index contributed by atoms with van der Waals surface area (Å²) < 4.78 is 0. The highest BCUT2D eigenvalue weighted by Gasteiger charge is 2.29. The third-order valence-electron chi connectivity index (χ3n) is 4.16. The number of rotatable bonds is 7. The summed E-state index contributed by atoms with van der Waals surface area (Å²) in [6.07, 6.45) is 3.37. The molecular weight excluding hydrogens is 320 g/mol. The van der Waals surface area contributed by atoms with Crippen molar-refractivity contribution in [3.8, 4) is 0 Å². The second kappa shape index (κ2) is 7.62. The molecule has 0 unspecified atom stereocenters. The zero-order valence-corrected chi connectivity index (χ0v) is 14.6. The first-order chi connectivity index (χ1) is 11.7. The molecule has 1 heterocycles. The molecule has 0 bridgehead atoms. The highest BCUT2D eigenvalue weighted by molar-refractivity contribution is 7.12. The van der Waals surface area contributed by atoms with Gasteiger partial charge in [-0.1, -0.05) is 37.3 Å². The summed E-state index contributed by atoms with van der Waals surface area (Å²) in [4.78, 5) is 25.8. The van der Waals surface area contributed by atoms with Crippen molar-refractivity contribution in [2.75, 3.05) is 0 Å². The van der Waals surface area contributed by atoms with E-state index >= 15 is 0 Å². The largest absolute Gasteiger partial charge is 0.352 e. The van der Waals surface area contributed by atoms with Gasteiger partial charge in [-0.05, 0) is 41.8 Å². The van der Waals surface area contributed by atoms with Crippen LogP contribution in [0, 0.1) is 0 Å². The highest BCUT2D eigenvalue weighted by Crippen LogP contribution is 2.20. The van der Waals surface area contributed by atoms with Crippen LogP contribution in [0.5, 0.6) is 0 Å². The molecule has 1 aromatic heterocycles. The molecule has 3 rings (SSSR count). The predicted molar refractivity (Wildman–Crippen MR) is 96.3 cm³/mol. The average Bonchev–Trinajstić information content (AvgIpc) is 3.27. The smallest absolute Gasteiger partial charge is 0.262 e. The summed E-state index contributed by atoms with van der Waals surface area (Å²) in [6, 6.07) is 11.5. The Hall–Kier alpha value is -2.14. The van der Waals surface area contributed by atoms with Gasteiger partial charge in [-0.3, -0.25) is 9.59 Å². The zero-order chi connectivity index (χ0) is 16.9. The molecule has 0 radical (unpaired) electrons. The first-order valence-electron chi connectivity index (χ1n) is 8.39. The van der Waals surface area contributed by atoms with E-state index in [-0.39, 0.29) is 17.9 Å². The quantitative estimate of drug-likeness (QED) is 0.813. The van der Waals surface area contributed by atoms with Crippen LogP contribution < -0.4 is 10.6 Å². The lowest BCUT2D eigenvalue weighted by Crippen LogP contribution is -2.48. The van der Waals surface area contributed by atoms with Crippen molar-refractivity contribution in [1.82, 2.24) is 10.6 Å². The van der Waals surface area contributed by atoms with Crippen molar-refractivity contribution in [2.24, 2.45) is 0 Å². The number of benzene rings is 1. The Labute approximate surface area is 146 Å². The van der Waals surface area contributed by atoms with Crippen LogP contribution in [-0.4, -0.2) is 23.9 Å². The van der Waals surface area contributed by atoms with Gasteiger partial charge in [-0.15, -0.1) is 11.3 Å². The Balaban J connectivity index is 1.73. The number of carbonyl (C=O) groups excluding carboxylic acids is 2. The lowest BCUT2D eigenvalue weighted by Gasteiger charge is -2.18. The van der Waals surface area contributed by atoms with Crippen molar-refractivity contribution < 1.29 is 9.59 Å². The molecule has 1 aromatic carbocycles. The maximum atomic E-state index is 12.6. The molecular formula is C19H22N2O2S. The number of carbonyl (C=O) groups is 2. The molecule has 2 N–H and O–H groups in total. The monoisotopic (exact) mass is 342 g/mol. The van der Waals surface area contributed by atoms with E-state index in [1.165, 1.54) is 11.3 Å². The molecule has 0 aliphatic heterocycles. The third-order valence-corrected chi connectivity index (χ3v) is 5.12. The summed E-state index contributed by atoms with van der Waals surface area (Å²) >= 11 is 1.42. The van der Waals surface area contributed by atoms with E-state index in [0.29, 0.717) is 11.3 Å². The minimum atomic E-state index is -0.549. The standard InChI is InChI=1S/C19H22N2O2S/c1-2-14-10-11-24-17(14)19(23)21-16(18(22)20-15-8-9-15)12-13-6-4-3-5-7-13/h3-7,10-11,15-16H,2,8-9,12H2,1H3,(H,20,22)(H,21,23)/t16-/m1/s1. The van der Waals surface area contributed by atoms with Gasteiger partial charge in [0, 0.05) is 12.5 Å². The van der Waals surface area contributed by atoms with Gasteiger partial charge in [0.15, 0.2) is 0 Å². The lowest BCUT2D eigenvalue weighted by molar-refractivity contribution is -0.123. The number of hydrogen-bond acceptors (Lipinski definition) is 3. The Morgan fingerprint density at radius 2 is 1.96 bits per heavy atom. The topological polar surface area (TPSA) is 58.2 Å². The van der Waals surface area contributed by atoms with Crippen molar-refractivity contribution in [3.05, 3.63) is 57.8 Å². The van der Waals surface area contributed by atoms with E-state index in [9.17, 15) is 9.59 Å². The van der Waals surface area contributed by atoms with Crippen LogP contribution in [0.25, 0.3) is 0 Å². The zero-order valence-electron chi connectivity index (χ0n) is 13.7. The molecule has 2 amide bonds. The van der Waals surface area contributed by atoms with Crippen LogP contribution in [-0.2, 0) is 17.6 Å². The number of amides is 2. The SMILES string of the molecule is CCc1ccsc1C(=O)N[C@H](Cc1ccccc1)C(=O)NC1CC1. The minimum Gasteiger partial charge on any atom is -0.352 e. The van der Waals surface area contributed by atoms with E-state index in [4.69, 9.17) is 0 Å². The van der Waals surface area contributed by atoms with E-state index in [2.05, 4.69) is 10.6 Å². The molecule has 0 saturated heterocycles. The molecule has 1 saturated carbocycles. The average molecular weight is 342 g/mol. The number of thiophene rings is 1. The third kappa shape index (κ3) is 4.23. The molecule has 1 atom stereocenters. The van der Waals surface area contributed by atoms with E-state index in [1.54, 1.807) is 0 Å². The fraction of sp³-hybridized carbons (Fsp3) is 0.368. The van der Waals surface area contributed by atoms with Crippen LogP contribution in [0.2, 0.25) is 0 Å². The molecule has 5 heteroatoms.